The van der Waals surface area contributed by atoms with E-state index < -0.39 is 22.0 Å². The lowest BCUT2D eigenvalue weighted by atomic mass is 10.2. The maximum Gasteiger partial charge on any atom is 0.243 e. The number of hydrogen-bond donors (Lipinski definition) is 1. The number of sulfonamides is 1. The standard InChI is InChI=1S/C21H27ClN2O4S/c1-14(2)28-19-10-7-17(8-11-19)13-23-21(25)16(4)24(29(5,26)27)18-9-6-15(3)20(22)12-18/h6-12,14,16H,13H2,1-5H3,(H,23,25). The minimum absolute atomic E-state index is 0.0821. The summed E-state index contributed by atoms with van der Waals surface area (Å²) in [5.74, 6) is 0.345. The van der Waals surface area contributed by atoms with Crippen molar-refractivity contribution in [3.63, 3.8) is 0 Å². The number of benzene rings is 2. The zero-order valence-corrected chi connectivity index (χ0v) is 18.8. The molecule has 8 heteroatoms. The van der Waals surface area contributed by atoms with E-state index in [0.29, 0.717) is 10.7 Å². The summed E-state index contributed by atoms with van der Waals surface area (Å²) < 4.78 is 31.4. The maximum atomic E-state index is 12.7. The van der Waals surface area contributed by atoms with Gasteiger partial charge in [0.05, 0.1) is 18.0 Å². The minimum Gasteiger partial charge on any atom is -0.491 e. The molecule has 0 saturated carbocycles. The van der Waals surface area contributed by atoms with E-state index in [1.54, 1.807) is 25.1 Å². The van der Waals surface area contributed by atoms with Crippen molar-refractivity contribution in [2.75, 3.05) is 10.6 Å². The Morgan fingerprint density at radius 2 is 1.76 bits per heavy atom. The number of carbonyl (C=O) groups excluding carboxylic acids is 1. The molecule has 0 radical (unpaired) electrons. The molecular weight excluding hydrogens is 412 g/mol. The SMILES string of the molecule is Cc1ccc(N(C(C)C(=O)NCc2ccc(OC(C)C)cc2)S(C)(=O)=O)cc1Cl. The summed E-state index contributed by atoms with van der Waals surface area (Å²) in [7, 11) is -3.69. The molecule has 0 aliphatic carbocycles. The van der Waals surface area contributed by atoms with Gasteiger partial charge in [-0.2, -0.15) is 0 Å². The molecule has 0 aliphatic heterocycles. The molecule has 1 amide bonds. The molecule has 0 heterocycles. The zero-order chi connectivity index (χ0) is 21.8. The van der Waals surface area contributed by atoms with Crippen LogP contribution in [0.3, 0.4) is 0 Å². The molecule has 2 aromatic carbocycles. The Hall–Kier alpha value is -2.25. The number of nitrogens with one attached hydrogen (secondary N) is 1. The van der Waals surface area contributed by atoms with Gasteiger partial charge in [0.2, 0.25) is 15.9 Å². The molecule has 1 unspecified atom stereocenters. The highest BCUT2D eigenvalue weighted by Gasteiger charge is 2.29. The highest BCUT2D eigenvalue weighted by atomic mass is 35.5. The molecule has 0 aromatic heterocycles. The van der Waals surface area contributed by atoms with Crippen molar-refractivity contribution in [1.29, 1.82) is 0 Å². The van der Waals surface area contributed by atoms with E-state index >= 15 is 0 Å². The number of halogens is 1. The third-order valence-electron chi connectivity index (χ3n) is 4.26. The number of ether oxygens (including phenoxy) is 1. The number of anilines is 1. The van der Waals surface area contributed by atoms with Gasteiger partial charge in [-0.1, -0.05) is 29.8 Å². The largest absolute Gasteiger partial charge is 0.491 e. The van der Waals surface area contributed by atoms with Gasteiger partial charge in [-0.25, -0.2) is 8.42 Å². The van der Waals surface area contributed by atoms with Crippen molar-refractivity contribution in [2.45, 2.75) is 46.4 Å². The molecule has 1 atom stereocenters. The number of amides is 1. The molecule has 0 aliphatic rings. The van der Waals surface area contributed by atoms with Crippen molar-refractivity contribution in [1.82, 2.24) is 5.32 Å². The van der Waals surface area contributed by atoms with Crippen LogP contribution < -0.4 is 14.4 Å². The van der Waals surface area contributed by atoms with Crippen LogP contribution in [0.15, 0.2) is 42.5 Å². The van der Waals surface area contributed by atoms with Gasteiger partial charge in [0.1, 0.15) is 11.8 Å². The molecule has 29 heavy (non-hydrogen) atoms. The second-order valence-electron chi connectivity index (χ2n) is 7.20. The Labute approximate surface area is 177 Å². The van der Waals surface area contributed by atoms with E-state index in [1.165, 1.54) is 0 Å². The average molecular weight is 439 g/mol. The third-order valence-corrected chi connectivity index (χ3v) is 5.91. The van der Waals surface area contributed by atoms with E-state index in [9.17, 15) is 13.2 Å². The van der Waals surface area contributed by atoms with Crippen molar-refractivity contribution < 1.29 is 17.9 Å². The molecule has 6 nitrogen and oxygen atoms in total. The van der Waals surface area contributed by atoms with Crippen molar-refractivity contribution in [3.8, 4) is 5.75 Å². The smallest absolute Gasteiger partial charge is 0.243 e. The second kappa shape index (κ2) is 9.50. The van der Waals surface area contributed by atoms with Crippen LogP contribution in [-0.2, 0) is 21.4 Å². The maximum absolute atomic E-state index is 12.7. The van der Waals surface area contributed by atoms with Crippen molar-refractivity contribution in [2.24, 2.45) is 0 Å². The zero-order valence-electron chi connectivity index (χ0n) is 17.3. The van der Waals surface area contributed by atoms with Gasteiger partial charge in [-0.3, -0.25) is 9.10 Å². The second-order valence-corrected chi connectivity index (χ2v) is 9.46. The minimum atomic E-state index is -3.69. The lowest BCUT2D eigenvalue weighted by Gasteiger charge is -2.28. The average Bonchev–Trinajstić information content (AvgIpc) is 2.62. The van der Waals surface area contributed by atoms with Crippen molar-refractivity contribution in [3.05, 3.63) is 58.6 Å². The van der Waals surface area contributed by atoms with Gasteiger partial charge in [-0.15, -0.1) is 0 Å². The van der Waals surface area contributed by atoms with Crippen LogP contribution in [0.4, 0.5) is 5.69 Å². The van der Waals surface area contributed by atoms with Crippen LogP contribution in [0.1, 0.15) is 31.9 Å². The Morgan fingerprint density at radius 3 is 2.28 bits per heavy atom. The quantitative estimate of drug-likeness (QED) is 0.678. The third kappa shape index (κ3) is 6.37. The first-order chi connectivity index (χ1) is 13.5. The van der Waals surface area contributed by atoms with Gasteiger partial charge < -0.3 is 10.1 Å². The molecule has 1 N–H and O–H groups in total. The summed E-state index contributed by atoms with van der Waals surface area (Å²) in [6.07, 6.45) is 1.15. The first kappa shape index (κ1) is 23.0. The van der Waals surface area contributed by atoms with Crippen LogP contribution in [0, 0.1) is 6.92 Å². The number of rotatable bonds is 8. The molecule has 2 aromatic rings. The predicted octanol–water partition coefficient (Wildman–Crippen LogP) is 3.91. The Balaban J connectivity index is 2.12. The van der Waals surface area contributed by atoms with E-state index in [-0.39, 0.29) is 12.6 Å². The predicted molar refractivity (Wildman–Crippen MR) is 117 cm³/mol. The molecule has 0 spiro atoms. The van der Waals surface area contributed by atoms with Gasteiger partial charge in [0.15, 0.2) is 0 Å². The van der Waals surface area contributed by atoms with Gasteiger partial charge >= 0.3 is 0 Å². The highest BCUT2D eigenvalue weighted by molar-refractivity contribution is 7.92. The van der Waals surface area contributed by atoms with E-state index in [0.717, 1.165) is 27.4 Å². The Bertz CT molecular complexity index is 959. The van der Waals surface area contributed by atoms with Crippen LogP contribution in [0.25, 0.3) is 0 Å². The summed E-state index contributed by atoms with van der Waals surface area (Å²) in [4.78, 5) is 12.7. The van der Waals surface area contributed by atoms with Gasteiger partial charge in [0.25, 0.3) is 0 Å². The lowest BCUT2D eigenvalue weighted by Crippen LogP contribution is -2.47. The highest BCUT2D eigenvalue weighted by Crippen LogP contribution is 2.26. The fraction of sp³-hybridized carbons (Fsp3) is 0.381. The fourth-order valence-electron chi connectivity index (χ4n) is 2.82. The summed E-state index contributed by atoms with van der Waals surface area (Å²) in [6.45, 7) is 7.54. The number of carbonyl (C=O) groups is 1. The summed E-state index contributed by atoms with van der Waals surface area (Å²) in [6, 6.07) is 11.4. The number of hydrogen-bond acceptors (Lipinski definition) is 4. The van der Waals surface area contributed by atoms with Gasteiger partial charge in [-0.05, 0) is 63.1 Å². The first-order valence-electron chi connectivity index (χ1n) is 9.28. The summed E-state index contributed by atoms with van der Waals surface area (Å²) in [5.41, 5.74) is 2.05. The normalized spacial score (nSPS) is 12.5. The van der Waals surface area contributed by atoms with Crippen LogP contribution in [0.5, 0.6) is 5.75 Å². The summed E-state index contributed by atoms with van der Waals surface area (Å²) >= 11 is 6.15. The molecule has 2 rings (SSSR count). The van der Waals surface area contributed by atoms with Gasteiger partial charge in [0, 0.05) is 11.6 Å². The summed E-state index contributed by atoms with van der Waals surface area (Å²) in [5, 5.41) is 3.23. The monoisotopic (exact) mass is 438 g/mol. The Kier molecular flexibility index (Phi) is 7.54. The first-order valence-corrected chi connectivity index (χ1v) is 11.5. The fourth-order valence-corrected chi connectivity index (χ4v) is 4.16. The molecule has 0 fully saturated rings. The van der Waals surface area contributed by atoms with Crippen LogP contribution in [-0.4, -0.2) is 32.7 Å². The molecule has 158 valence electrons. The van der Waals surface area contributed by atoms with Crippen molar-refractivity contribution >= 4 is 33.2 Å². The van der Waals surface area contributed by atoms with E-state index in [2.05, 4.69) is 5.32 Å². The number of nitrogens with zero attached hydrogens (tertiary/aromatic N) is 1. The van der Waals surface area contributed by atoms with Crippen LogP contribution in [0.2, 0.25) is 5.02 Å². The molecule has 0 saturated heterocycles. The lowest BCUT2D eigenvalue weighted by molar-refractivity contribution is -0.122. The Morgan fingerprint density at radius 1 is 1.14 bits per heavy atom. The van der Waals surface area contributed by atoms with E-state index in [1.807, 2.05) is 45.0 Å². The molecule has 0 bridgehead atoms. The molecular formula is C21H27ClN2O4S. The topological polar surface area (TPSA) is 75.7 Å². The van der Waals surface area contributed by atoms with E-state index in [4.69, 9.17) is 16.3 Å². The number of aryl methyl sites for hydroxylation is 1. The van der Waals surface area contributed by atoms with Crippen LogP contribution >= 0.6 is 11.6 Å².